The molecule has 1 aliphatic rings. The maximum absolute atomic E-state index is 12.9. The molecule has 29 heavy (non-hydrogen) atoms. The van der Waals surface area contributed by atoms with Gasteiger partial charge in [-0.3, -0.25) is 4.79 Å². The van der Waals surface area contributed by atoms with Crippen LogP contribution in [-0.4, -0.2) is 22.0 Å². The predicted octanol–water partition coefficient (Wildman–Crippen LogP) is 5.75. The summed E-state index contributed by atoms with van der Waals surface area (Å²) in [5.74, 6) is 1.41. The molecule has 4 heteroatoms. The summed E-state index contributed by atoms with van der Waals surface area (Å²) in [6.07, 6.45) is 5.43. The Morgan fingerprint density at radius 3 is 2.69 bits per heavy atom. The molecule has 1 fully saturated rings. The number of hydrogen-bond acceptors (Lipinski definition) is 2. The maximum atomic E-state index is 12.9. The van der Waals surface area contributed by atoms with Crippen LogP contribution in [0.25, 0.3) is 11.0 Å². The molecule has 0 radical (unpaired) electrons. The smallest absolute Gasteiger partial charge is 0.227 e. The lowest BCUT2D eigenvalue weighted by atomic mass is 10.1. The normalized spacial score (nSPS) is 16.9. The lowest BCUT2D eigenvalue weighted by Crippen LogP contribution is -2.25. The third-order valence-corrected chi connectivity index (χ3v) is 6.05. The van der Waals surface area contributed by atoms with Crippen LogP contribution >= 0.6 is 0 Å². The first-order chi connectivity index (χ1) is 14.1. The number of rotatable bonds is 7. The molecule has 3 aromatic rings. The first-order valence-electron chi connectivity index (χ1n) is 10.9. The van der Waals surface area contributed by atoms with Crippen molar-refractivity contribution in [1.82, 2.24) is 9.55 Å². The van der Waals surface area contributed by atoms with E-state index in [1.54, 1.807) is 0 Å². The molecule has 0 spiro atoms. The average Bonchev–Trinajstić information content (AvgIpc) is 3.26. The fourth-order valence-corrected chi connectivity index (χ4v) is 4.56. The molecule has 1 aromatic heterocycles. The highest BCUT2D eigenvalue weighted by molar-refractivity contribution is 5.97. The SMILES string of the molecule is CCCCCCn1c([C@H]2CC(=O)N(c3ccc(C)cc3C)C2)nc2ccccc21. The number of aryl methyl sites for hydroxylation is 3. The van der Waals surface area contributed by atoms with E-state index in [4.69, 9.17) is 4.98 Å². The van der Waals surface area contributed by atoms with E-state index >= 15 is 0 Å². The van der Waals surface area contributed by atoms with Crippen molar-refractivity contribution in [2.75, 3.05) is 11.4 Å². The van der Waals surface area contributed by atoms with Gasteiger partial charge in [0.15, 0.2) is 0 Å². The number of hydrogen-bond donors (Lipinski definition) is 0. The van der Waals surface area contributed by atoms with Crippen molar-refractivity contribution in [2.24, 2.45) is 0 Å². The first kappa shape index (κ1) is 19.7. The first-order valence-corrected chi connectivity index (χ1v) is 10.9. The monoisotopic (exact) mass is 389 g/mol. The number of nitrogens with zero attached hydrogens (tertiary/aromatic N) is 3. The van der Waals surface area contributed by atoms with Crippen molar-refractivity contribution >= 4 is 22.6 Å². The summed E-state index contributed by atoms with van der Waals surface area (Å²) < 4.78 is 2.37. The van der Waals surface area contributed by atoms with Crippen molar-refractivity contribution in [3.8, 4) is 0 Å². The van der Waals surface area contributed by atoms with Gasteiger partial charge in [-0.15, -0.1) is 0 Å². The number of fused-ring (bicyclic) bond motifs is 1. The molecule has 1 atom stereocenters. The molecule has 0 saturated carbocycles. The number of amides is 1. The number of anilines is 1. The van der Waals surface area contributed by atoms with Crippen molar-refractivity contribution in [1.29, 1.82) is 0 Å². The predicted molar refractivity (Wildman–Crippen MR) is 120 cm³/mol. The third kappa shape index (κ3) is 3.93. The molecule has 4 nitrogen and oxygen atoms in total. The van der Waals surface area contributed by atoms with Crippen LogP contribution < -0.4 is 4.90 Å². The number of para-hydroxylation sites is 2. The third-order valence-electron chi connectivity index (χ3n) is 6.05. The second kappa shape index (κ2) is 8.40. The number of aromatic nitrogens is 2. The molecule has 1 saturated heterocycles. The van der Waals surface area contributed by atoms with Crippen LogP contribution in [0.4, 0.5) is 5.69 Å². The zero-order valence-corrected chi connectivity index (χ0v) is 17.8. The van der Waals surface area contributed by atoms with Gasteiger partial charge in [-0.05, 0) is 44.0 Å². The van der Waals surface area contributed by atoms with Crippen molar-refractivity contribution in [3.63, 3.8) is 0 Å². The summed E-state index contributed by atoms with van der Waals surface area (Å²) in [5, 5.41) is 0. The maximum Gasteiger partial charge on any atom is 0.227 e. The van der Waals surface area contributed by atoms with E-state index < -0.39 is 0 Å². The van der Waals surface area contributed by atoms with Crippen LogP contribution in [0, 0.1) is 13.8 Å². The lowest BCUT2D eigenvalue weighted by molar-refractivity contribution is -0.117. The second-order valence-electron chi connectivity index (χ2n) is 8.37. The Bertz CT molecular complexity index is 1020. The summed E-state index contributed by atoms with van der Waals surface area (Å²) in [6, 6.07) is 14.7. The number of unbranched alkanes of at least 4 members (excludes halogenated alkanes) is 3. The highest BCUT2D eigenvalue weighted by Gasteiger charge is 2.35. The van der Waals surface area contributed by atoms with Gasteiger partial charge in [0.1, 0.15) is 5.82 Å². The number of carbonyl (C=O) groups is 1. The van der Waals surface area contributed by atoms with Gasteiger partial charge < -0.3 is 9.47 Å². The van der Waals surface area contributed by atoms with Gasteiger partial charge in [0.25, 0.3) is 0 Å². The summed E-state index contributed by atoms with van der Waals surface area (Å²) >= 11 is 0. The van der Waals surface area contributed by atoms with Crippen LogP contribution in [0.1, 0.15) is 61.9 Å². The van der Waals surface area contributed by atoms with Crippen molar-refractivity contribution < 1.29 is 4.79 Å². The largest absolute Gasteiger partial charge is 0.328 e. The summed E-state index contributed by atoms with van der Waals surface area (Å²) in [4.78, 5) is 19.8. The van der Waals surface area contributed by atoms with E-state index in [9.17, 15) is 4.79 Å². The molecule has 2 heterocycles. The fourth-order valence-electron chi connectivity index (χ4n) is 4.56. The zero-order valence-electron chi connectivity index (χ0n) is 17.8. The van der Waals surface area contributed by atoms with Crippen LogP contribution in [0.2, 0.25) is 0 Å². The number of benzene rings is 2. The minimum Gasteiger partial charge on any atom is -0.328 e. The lowest BCUT2D eigenvalue weighted by Gasteiger charge is -2.20. The van der Waals surface area contributed by atoms with E-state index in [2.05, 4.69) is 61.7 Å². The summed E-state index contributed by atoms with van der Waals surface area (Å²) in [7, 11) is 0. The Hall–Kier alpha value is -2.62. The van der Waals surface area contributed by atoms with Gasteiger partial charge in [-0.25, -0.2) is 4.98 Å². The van der Waals surface area contributed by atoms with E-state index in [1.807, 2.05) is 11.0 Å². The molecule has 1 aliphatic heterocycles. The van der Waals surface area contributed by atoms with E-state index in [0.29, 0.717) is 13.0 Å². The van der Waals surface area contributed by atoms with Gasteiger partial charge >= 0.3 is 0 Å². The number of carbonyl (C=O) groups excluding carboxylic acids is 1. The molecular formula is C25H31N3O. The molecule has 152 valence electrons. The Kier molecular flexibility index (Phi) is 5.70. The van der Waals surface area contributed by atoms with Gasteiger partial charge in [-0.2, -0.15) is 0 Å². The molecule has 4 rings (SSSR count). The Balaban J connectivity index is 1.63. The molecule has 1 amide bonds. The van der Waals surface area contributed by atoms with E-state index in [1.165, 1.54) is 30.3 Å². The second-order valence-corrected chi connectivity index (χ2v) is 8.37. The van der Waals surface area contributed by atoms with Gasteiger partial charge in [-0.1, -0.05) is 56.0 Å². The molecule has 0 unspecified atom stereocenters. The van der Waals surface area contributed by atoms with Gasteiger partial charge in [0.2, 0.25) is 5.91 Å². The quantitative estimate of drug-likeness (QED) is 0.482. The zero-order chi connectivity index (χ0) is 20.4. The van der Waals surface area contributed by atoms with Crippen LogP contribution in [-0.2, 0) is 11.3 Å². The Morgan fingerprint density at radius 2 is 1.90 bits per heavy atom. The fraction of sp³-hybridized carbons (Fsp3) is 0.440. The highest BCUT2D eigenvalue weighted by atomic mass is 16.2. The van der Waals surface area contributed by atoms with Gasteiger partial charge in [0, 0.05) is 31.1 Å². The molecule has 0 N–H and O–H groups in total. The highest BCUT2D eigenvalue weighted by Crippen LogP contribution is 2.34. The topological polar surface area (TPSA) is 38.1 Å². The van der Waals surface area contributed by atoms with E-state index in [0.717, 1.165) is 35.6 Å². The van der Waals surface area contributed by atoms with Crippen LogP contribution in [0.3, 0.4) is 0 Å². The molecule has 0 aliphatic carbocycles. The van der Waals surface area contributed by atoms with Crippen molar-refractivity contribution in [3.05, 3.63) is 59.4 Å². The molecular weight excluding hydrogens is 358 g/mol. The summed E-state index contributed by atoms with van der Waals surface area (Å²) in [6.45, 7) is 8.10. The summed E-state index contributed by atoms with van der Waals surface area (Å²) in [5.41, 5.74) is 5.65. The average molecular weight is 390 g/mol. The molecule has 0 bridgehead atoms. The standard InChI is InChI=1S/C25H31N3O/c1-4-5-6-9-14-27-23-11-8-7-10-21(23)26-25(27)20-16-24(29)28(17-20)22-13-12-18(2)15-19(22)3/h7-8,10-13,15,20H,4-6,9,14,16-17H2,1-3H3/t20-/m0/s1. The van der Waals surface area contributed by atoms with Crippen LogP contribution in [0.15, 0.2) is 42.5 Å². The van der Waals surface area contributed by atoms with Gasteiger partial charge in [0.05, 0.1) is 11.0 Å². The van der Waals surface area contributed by atoms with Crippen LogP contribution in [0.5, 0.6) is 0 Å². The minimum absolute atomic E-state index is 0.141. The van der Waals surface area contributed by atoms with Crippen molar-refractivity contribution in [2.45, 2.75) is 65.3 Å². The number of imidazole rings is 1. The Morgan fingerprint density at radius 1 is 1.07 bits per heavy atom. The Labute approximate surface area is 173 Å². The molecule has 2 aromatic carbocycles. The minimum atomic E-state index is 0.141. The van der Waals surface area contributed by atoms with E-state index in [-0.39, 0.29) is 11.8 Å².